The lowest BCUT2D eigenvalue weighted by Crippen LogP contribution is -2.13. The van der Waals surface area contributed by atoms with E-state index in [1.54, 1.807) is 13.8 Å². The predicted octanol–water partition coefficient (Wildman–Crippen LogP) is -0.780. The minimum absolute atomic E-state index is 0.0289. The highest BCUT2D eigenvalue weighted by molar-refractivity contribution is 7.85. The van der Waals surface area contributed by atoms with Crippen LogP contribution in [0.15, 0.2) is 0 Å². The van der Waals surface area contributed by atoms with Crippen LogP contribution in [0.25, 0.3) is 0 Å². The van der Waals surface area contributed by atoms with Crippen molar-refractivity contribution in [3.63, 3.8) is 0 Å². The van der Waals surface area contributed by atoms with Gasteiger partial charge in [-0.3, -0.25) is 4.55 Å². The Kier molecular flexibility index (Phi) is 7.97. The Hall–Kier alpha value is -0.170. The maximum atomic E-state index is 9.71. The summed E-state index contributed by atoms with van der Waals surface area (Å²) in [6, 6.07) is 0. The predicted molar refractivity (Wildman–Crippen MR) is 42.8 cm³/mol. The molecular formula is C5H15NO4S. The van der Waals surface area contributed by atoms with E-state index in [1.165, 1.54) is 0 Å². The molecule has 0 radical (unpaired) electrons. The Morgan fingerprint density at radius 2 is 1.73 bits per heavy atom. The van der Waals surface area contributed by atoms with E-state index in [9.17, 15) is 8.42 Å². The van der Waals surface area contributed by atoms with E-state index in [0.717, 1.165) is 0 Å². The SMILES string of the molecule is CC(C)O.NCCS(=O)(=O)O. The quantitative estimate of drug-likeness (QED) is 0.490. The molecule has 0 aromatic carbocycles. The molecule has 0 saturated carbocycles. The lowest BCUT2D eigenvalue weighted by molar-refractivity contribution is 0.216. The zero-order chi connectivity index (χ0) is 9.49. The van der Waals surface area contributed by atoms with Crippen LogP contribution in [0.4, 0.5) is 0 Å². The van der Waals surface area contributed by atoms with Crippen molar-refractivity contribution in [3.8, 4) is 0 Å². The molecular weight excluding hydrogens is 170 g/mol. The Morgan fingerprint density at radius 1 is 1.45 bits per heavy atom. The number of nitrogens with two attached hydrogens (primary N) is 1. The van der Waals surface area contributed by atoms with Gasteiger partial charge in [-0.2, -0.15) is 8.42 Å². The van der Waals surface area contributed by atoms with Crippen LogP contribution in [0, 0.1) is 0 Å². The van der Waals surface area contributed by atoms with E-state index in [2.05, 4.69) is 0 Å². The molecule has 11 heavy (non-hydrogen) atoms. The molecule has 6 heteroatoms. The zero-order valence-corrected chi connectivity index (χ0v) is 7.50. The highest BCUT2D eigenvalue weighted by Gasteiger charge is 1.98. The summed E-state index contributed by atoms with van der Waals surface area (Å²) in [4.78, 5) is 0. The third kappa shape index (κ3) is 41.1. The van der Waals surface area contributed by atoms with Crippen molar-refractivity contribution in [1.82, 2.24) is 0 Å². The second-order valence-corrected chi connectivity index (χ2v) is 3.74. The van der Waals surface area contributed by atoms with Crippen LogP contribution in [-0.4, -0.2) is 36.5 Å². The van der Waals surface area contributed by atoms with Crippen molar-refractivity contribution in [2.24, 2.45) is 5.73 Å². The molecule has 0 aromatic rings. The van der Waals surface area contributed by atoms with Crippen molar-refractivity contribution in [2.45, 2.75) is 20.0 Å². The average Bonchev–Trinajstić information content (AvgIpc) is 1.58. The summed E-state index contributed by atoms with van der Waals surface area (Å²) in [7, 11) is -3.80. The molecule has 0 amide bonds. The van der Waals surface area contributed by atoms with E-state index >= 15 is 0 Å². The number of hydrogen-bond donors (Lipinski definition) is 3. The molecule has 0 aromatic heterocycles. The maximum Gasteiger partial charge on any atom is 0.266 e. The van der Waals surface area contributed by atoms with E-state index in [-0.39, 0.29) is 18.4 Å². The van der Waals surface area contributed by atoms with Crippen LogP contribution in [0.2, 0.25) is 0 Å². The molecule has 0 saturated heterocycles. The number of hydrogen-bond acceptors (Lipinski definition) is 4. The summed E-state index contributed by atoms with van der Waals surface area (Å²) < 4.78 is 27.3. The van der Waals surface area contributed by atoms with Gasteiger partial charge < -0.3 is 10.8 Å². The molecule has 0 aliphatic rings. The number of aliphatic hydroxyl groups excluding tert-OH is 1. The minimum atomic E-state index is -3.80. The smallest absolute Gasteiger partial charge is 0.266 e. The van der Waals surface area contributed by atoms with Crippen molar-refractivity contribution in [3.05, 3.63) is 0 Å². The van der Waals surface area contributed by atoms with Gasteiger partial charge in [0.2, 0.25) is 0 Å². The molecule has 0 atom stereocenters. The lowest BCUT2D eigenvalue weighted by atomic mass is 10.5. The largest absolute Gasteiger partial charge is 0.394 e. The van der Waals surface area contributed by atoms with Crippen LogP contribution < -0.4 is 5.73 Å². The molecule has 0 heterocycles. The fourth-order valence-corrected chi connectivity index (χ4v) is 0.447. The monoisotopic (exact) mass is 185 g/mol. The topological polar surface area (TPSA) is 101 Å². The van der Waals surface area contributed by atoms with Crippen LogP contribution in [0.1, 0.15) is 13.8 Å². The normalized spacial score (nSPS) is 10.7. The molecule has 70 valence electrons. The highest BCUT2D eigenvalue weighted by Crippen LogP contribution is 1.74. The van der Waals surface area contributed by atoms with Crippen LogP contribution in [0.5, 0.6) is 0 Å². The highest BCUT2D eigenvalue weighted by atomic mass is 32.2. The minimum Gasteiger partial charge on any atom is -0.394 e. The van der Waals surface area contributed by atoms with Gasteiger partial charge in [-0.15, -0.1) is 0 Å². The van der Waals surface area contributed by atoms with E-state index in [4.69, 9.17) is 15.4 Å². The first kappa shape index (κ1) is 13.4. The van der Waals surface area contributed by atoms with Crippen molar-refractivity contribution >= 4 is 10.1 Å². The van der Waals surface area contributed by atoms with Gasteiger partial charge in [0.1, 0.15) is 0 Å². The van der Waals surface area contributed by atoms with Gasteiger partial charge in [-0.05, 0) is 13.8 Å². The average molecular weight is 185 g/mol. The first-order chi connectivity index (χ1) is 4.79. The van der Waals surface area contributed by atoms with Gasteiger partial charge in [0.05, 0.1) is 5.75 Å². The summed E-state index contributed by atoms with van der Waals surface area (Å²) in [5.41, 5.74) is 4.78. The van der Waals surface area contributed by atoms with Gasteiger partial charge in [-0.1, -0.05) is 0 Å². The fraction of sp³-hybridized carbons (Fsp3) is 1.00. The third-order valence-electron chi connectivity index (χ3n) is 0.376. The van der Waals surface area contributed by atoms with Crippen molar-refractivity contribution in [2.75, 3.05) is 12.3 Å². The summed E-state index contributed by atoms with van der Waals surface area (Å²) in [5, 5.41) is 8.06. The van der Waals surface area contributed by atoms with E-state index < -0.39 is 10.1 Å². The first-order valence-electron chi connectivity index (χ1n) is 3.13. The Morgan fingerprint density at radius 3 is 1.73 bits per heavy atom. The van der Waals surface area contributed by atoms with Crippen LogP contribution >= 0.6 is 0 Å². The van der Waals surface area contributed by atoms with Gasteiger partial charge in [0.25, 0.3) is 10.1 Å². The molecule has 0 unspecified atom stereocenters. The summed E-state index contributed by atoms with van der Waals surface area (Å²) in [6.45, 7) is 3.42. The Bertz CT molecular complexity index is 161. The van der Waals surface area contributed by atoms with E-state index in [1.807, 2.05) is 0 Å². The van der Waals surface area contributed by atoms with Gasteiger partial charge in [-0.25, -0.2) is 0 Å². The standard InChI is InChI=1S/C3H8O.C2H7NO3S/c1-3(2)4;3-1-2-7(4,5)6/h3-4H,1-2H3;1-3H2,(H,4,5,6). The van der Waals surface area contributed by atoms with Crippen molar-refractivity contribution < 1.29 is 18.1 Å². The first-order valence-corrected chi connectivity index (χ1v) is 4.73. The number of rotatable bonds is 2. The summed E-state index contributed by atoms with van der Waals surface area (Å²) in [6.07, 6.45) is -0.167. The van der Waals surface area contributed by atoms with Gasteiger partial charge in [0.15, 0.2) is 0 Å². The molecule has 4 N–H and O–H groups in total. The van der Waals surface area contributed by atoms with Crippen LogP contribution in [0.3, 0.4) is 0 Å². The number of aliphatic hydroxyl groups is 1. The van der Waals surface area contributed by atoms with Crippen LogP contribution in [-0.2, 0) is 10.1 Å². The molecule has 0 rings (SSSR count). The van der Waals surface area contributed by atoms with Gasteiger partial charge in [0, 0.05) is 12.6 Å². The molecule has 0 spiro atoms. The van der Waals surface area contributed by atoms with Crippen molar-refractivity contribution in [1.29, 1.82) is 0 Å². The lowest BCUT2D eigenvalue weighted by Gasteiger charge is -1.86. The summed E-state index contributed by atoms with van der Waals surface area (Å²) in [5.74, 6) is -0.354. The second kappa shape index (κ2) is 6.53. The Balaban J connectivity index is 0. The zero-order valence-electron chi connectivity index (χ0n) is 6.69. The summed E-state index contributed by atoms with van der Waals surface area (Å²) >= 11 is 0. The Labute approximate surface area is 67.0 Å². The molecule has 0 aliphatic carbocycles. The molecule has 5 nitrogen and oxygen atoms in total. The molecule has 0 fully saturated rings. The molecule has 0 aliphatic heterocycles. The van der Waals surface area contributed by atoms with E-state index in [0.29, 0.717) is 0 Å². The van der Waals surface area contributed by atoms with Gasteiger partial charge >= 0.3 is 0 Å². The molecule has 0 bridgehead atoms. The third-order valence-corrected chi connectivity index (χ3v) is 1.13. The fourth-order valence-electron chi connectivity index (χ4n) is 0.149. The second-order valence-electron chi connectivity index (χ2n) is 2.17. The maximum absolute atomic E-state index is 9.71.